The summed E-state index contributed by atoms with van der Waals surface area (Å²) in [6.07, 6.45) is 0.868. The van der Waals surface area contributed by atoms with E-state index in [1.165, 1.54) is 4.88 Å². The van der Waals surface area contributed by atoms with E-state index in [1.807, 2.05) is 38.1 Å². The Kier molecular flexibility index (Phi) is 4.77. The maximum Gasteiger partial charge on any atom is 0.252 e. The molecule has 19 heavy (non-hydrogen) atoms. The minimum atomic E-state index is -0.0281. The molecule has 1 aromatic carbocycles. The van der Waals surface area contributed by atoms with E-state index in [1.54, 1.807) is 11.3 Å². The Balaban J connectivity index is 2.02. The largest absolute Gasteiger partial charge is 0.349 e. The van der Waals surface area contributed by atoms with Gasteiger partial charge < -0.3 is 5.32 Å². The van der Waals surface area contributed by atoms with Gasteiger partial charge in [0.2, 0.25) is 0 Å². The summed E-state index contributed by atoms with van der Waals surface area (Å²) in [4.78, 5) is 13.5. The molecular formula is C15H16BrNOS. The molecule has 100 valence electrons. The normalized spacial score (nSPS) is 12.2. The molecule has 0 aliphatic rings. The minimum Gasteiger partial charge on any atom is -0.349 e. The van der Waals surface area contributed by atoms with Gasteiger partial charge in [-0.05, 0) is 53.4 Å². The molecule has 2 nitrogen and oxygen atoms in total. The third kappa shape index (κ3) is 3.91. The van der Waals surface area contributed by atoms with Gasteiger partial charge in [0, 0.05) is 21.8 Å². The predicted molar refractivity (Wildman–Crippen MR) is 83.8 cm³/mol. The van der Waals surface area contributed by atoms with Crippen LogP contribution in [-0.2, 0) is 6.42 Å². The van der Waals surface area contributed by atoms with Crippen molar-refractivity contribution >= 4 is 33.2 Å². The maximum absolute atomic E-state index is 12.2. The second-order valence-corrected chi connectivity index (χ2v) is 6.53. The lowest BCUT2D eigenvalue weighted by Gasteiger charge is -2.14. The van der Waals surface area contributed by atoms with Gasteiger partial charge in [-0.2, -0.15) is 0 Å². The second kappa shape index (κ2) is 6.35. The average Bonchev–Trinajstić information content (AvgIpc) is 2.84. The van der Waals surface area contributed by atoms with Gasteiger partial charge in [0.05, 0.1) is 5.56 Å². The average molecular weight is 338 g/mol. The van der Waals surface area contributed by atoms with Crippen LogP contribution >= 0.6 is 27.3 Å². The van der Waals surface area contributed by atoms with Crippen LogP contribution in [-0.4, -0.2) is 11.9 Å². The summed E-state index contributed by atoms with van der Waals surface area (Å²) >= 11 is 5.14. The van der Waals surface area contributed by atoms with E-state index < -0.39 is 0 Å². The van der Waals surface area contributed by atoms with Gasteiger partial charge in [-0.25, -0.2) is 0 Å². The number of nitrogens with one attached hydrogen (secondary N) is 1. The van der Waals surface area contributed by atoms with E-state index in [-0.39, 0.29) is 11.9 Å². The van der Waals surface area contributed by atoms with E-state index in [0.29, 0.717) is 5.56 Å². The Hall–Kier alpha value is -1.13. The molecule has 4 heteroatoms. The van der Waals surface area contributed by atoms with E-state index >= 15 is 0 Å². The topological polar surface area (TPSA) is 29.1 Å². The van der Waals surface area contributed by atoms with Crippen molar-refractivity contribution < 1.29 is 4.79 Å². The number of rotatable bonds is 4. The highest BCUT2D eigenvalue weighted by atomic mass is 79.9. The fourth-order valence-electron chi connectivity index (χ4n) is 1.90. The van der Waals surface area contributed by atoms with Gasteiger partial charge in [-0.3, -0.25) is 4.79 Å². The number of benzene rings is 1. The lowest BCUT2D eigenvalue weighted by molar-refractivity contribution is 0.0939. The van der Waals surface area contributed by atoms with Gasteiger partial charge in [-0.15, -0.1) is 11.3 Å². The van der Waals surface area contributed by atoms with Gasteiger partial charge in [0.25, 0.3) is 5.91 Å². The molecule has 0 aliphatic carbocycles. The van der Waals surface area contributed by atoms with Crippen LogP contribution in [0.15, 0.2) is 40.2 Å². The molecule has 1 heterocycles. The van der Waals surface area contributed by atoms with Crippen molar-refractivity contribution in [3.63, 3.8) is 0 Å². The first-order chi connectivity index (χ1) is 9.06. The fourth-order valence-corrected chi connectivity index (χ4v) is 3.16. The van der Waals surface area contributed by atoms with Crippen molar-refractivity contribution in [1.82, 2.24) is 5.32 Å². The van der Waals surface area contributed by atoms with Crippen LogP contribution < -0.4 is 5.32 Å². The number of aryl methyl sites for hydroxylation is 1. The Morgan fingerprint density at radius 3 is 2.89 bits per heavy atom. The lowest BCUT2D eigenvalue weighted by atomic mass is 10.1. The molecule has 0 spiro atoms. The van der Waals surface area contributed by atoms with Crippen molar-refractivity contribution in [3.8, 4) is 0 Å². The Morgan fingerprint density at radius 1 is 1.42 bits per heavy atom. The predicted octanol–water partition coefficient (Wildman–Crippen LogP) is 4.18. The molecule has 1 unspecified atom stereocenters. The Bertz CT molecular complexity index is 566. The first-order valence-electron chi connectivity index (χ1n) is 6.15. The van der Waals surface area contributed by atoms with Crippen LogP contribution in [0.5, 0.6) is 0 Å². The number of amides is 1. The molecule has 0 fully saturated rings. The third-order valence-corrected chi connectivity index (χ3v) is 4.42. The van der Waals surface area contributed by atoms with E-state index in [0.717, 1.165) is 16.5 Å². The quantitative estimate of drug-likeness (QED) is 0.890. The summed E-state index contributed by atoms with van der Waals surface area (Å²) in [5.74, 6) is -0.0281. The van der Waals surface area contributed by atoms with Gasteiger partial charge in [0.15, 0.2) is 0 Å². The van der Waals surface area contributed by atoms with E-state index in [4.69, 9.17) is 0 Å². The molecule has 0 radical (unpaired) electrons. The number of hydrogen-bond acceptors (Lipinski definition) is 2. The van der Waals surface area contributed by atoms with Gasteiger partial charge in [0.1, 0.15) is 0 Å². The fraction of sp³-hybridized carbons (Fsp3) is 0.267. The van der Waals surface area contributed by atoms with Crippen molar-refractivity contribution in [3.05, 3.63) is 56.2 Å². The molecule has 0 bridgehead atoms. The highest BCUT2D eigenvalue weighted by Crippen LogP contribution is 2.18. The highest BCUT2D eigenvalue weighted by Gasteiger charge is 2.13. The zero-order valence-electron chi connectivity index (χ0n) is 10.9. The molecule has 1 amide bonds. The summed E-state index contributed by atoms with van der Waals surface area (Å²) in [6, 6.07) is 10.0. The highest BCUT2D eigenvalue weighted by molar-refractivity contribution is 9.10. The molecule has 1 aromatic heterocycles. The minimum absolute atomic E-state index is 0.0281. The first-order valence-corrected chi connectivity index (χ1v) is 7.83. The lowest BCUT2D eigenvalue weighted by Crippen LogP contribution is -2.34. The molecule has 0 saturated carbocycles. The second-order valence-electron chi connectivity index (χ2n) is 4.64. The molecule has 1 atom stereocenters. The summed E-state index contributed by atoms with van der Waals surface area (Å²) in [6.45, 7) is 4.01. The number of hydrogen-bond donors (Lipinski definition) is 1. The summed E-state index contributed by atoms with van der Waals surface area (Å²) in [7, 11) is 0. The molecular weight excluding hydrogens is 322 g/mol. The van der Waals surface area contributed by atoms with Crippen molar-refractivity contribution in [2.24, 2.45) is 0 Å². The molecule has 2 rings (SSSR count). The van der Waals surface area contributed by atoms with Crippen LogP contribution in [0, 0.1) is 6.92 Å². The van der Waals surface area contributed by atoms with Crippen LogP contribution in [0.2, 0.25) is 0 Å². The monoisotopic (exact) mass is 337 g/mol. The molecule has 1 N–H and O–H groups in total. The Morgan fingerprint density at radius 2 is 2.21 bits per heavy atom. The number of thiophene rings is 1. The van der Waals surface area contributed by atoms with Crippen LogP contribution in [0.1, 0.15) is 27.7 Å². The number of halogens is 1. The maximum atomic E-state index is 12.2. The van der Waals surface area contributed by atoms with Crippen LogP contribution in [0.3, 0.4) is 0 Å². The van der Waals surface area contributed by atoms with Crippen LogP contribution in [0.4, 0.5) is 0 Å². The van der Waals surface area contributed by atoms with Crippen molar-refractivity contribution in [1.29, 1.82) is 0 Å². The van der Waals surface area contributed by atoms with Crippen molar-refractivity contribution in [2.75, 3.05) is 0 Å². The van der Waals surface area contributed by atoms with Gasteiger partial charge in [-0.1, -0.05) is 17.7 Å². The smallest absolute Gasteiger partial charge is 0.252 e. The molecule has 0 saturated heterocycles. The Labute approximate surface area is 126 Å². The third-order valence-electron chi connectivity index (χ3n) is 2.83. The number of carbonyl (C=O) groups is 1. The summed E-state index contributed by atoms with van der Waals surface area (Å²) < 4.78 is 0.832. The van der Waals surface area contributed by atoms with E-state index in [2.05, 4.69) is 32.7 Å². The van der Waals surface area contributed by atoms with E-state index in [9.17, 15) is 4.79 Å². The first kappa shape index (κ1) is 14.3. The molecule has 2 aromatic rings. The standard InChI is InChI=1S/C15H16BrNOS/c1-10-5-6-14(16)13(8-10)15(18)17-11(2)9-12-4-3-7-19-12/h3-8,11H,9H2,1-2H3,(H,17,18). The SMILES string of the molecule is Cc1ccc(Br)c(C(=O)NC(C)Cc2cccs2)c1. The van der Waals surface area contributed by atoms with Crippen LogP contribution in [0.25, 0.3) is 0 Å². The molecule has 0 aliphatic heterocycles. The summed E-state index contributed by atoms with van der Waals surface area (Å²) in [5, 5.41) is 5.10. The summed E-state index contributed by atoms with van der Waals surface area (Å²) in [5.41, 5.74) is 1.78. The zero-order chi connectivity index (χ0) is 13.8. The van der Waals surface area contributed by atoms with Crippen molar-refractivity contribution in [2.45, 2.75) is 26.3 Å². The van der Waals surface area contributed by atoms with Gasteiger partial charge >= 0.3 is 0 Å². The number of carbonyl (C=O) groups excluding carboxylic acids is 1. The zero-order valence-corrected chi connectivity index (χ0v) is 13.3.